The van der Waals surface area contributed by atoms with Gasteiger partial charge in [-0.05, 0) is 69.4 Å². The zero-order valence-corrected chi connectivity index (χ0v) is 25.2. The number of esters is 2. The molecule has 4 N–H and O–H groups in total. The fourth-order valence-electron chi connectivity index (χ4n) is 8.34. The summed E-state index contributed by atoms with van der Waals surface area (Å²) in [5, 5.41) is 32.6. The average Bonchev–Trinajstić information content (AvgIpc) is 3.15. The molecule has 0 heterocycles. The van der Waals surface area contributed by atoms with E-state index in [0.29, 0.717) is 24.8 Å². The van der Waals surface area contributed by atoms with Gasteiger partial charge < -0.3 is 30.3 Å². The fraction of sp³-hybridized carbons (Fsp3) is 0.733. The molecular formula is C30H41FN2O11. The molecule has 4 aliphatic rings. The smallest absolute Gasteiger partial charge is 0.323 e. The predicted molar refractivity (Wildman–Crippen MR) is 150 cm³/mol. The van der Waals surface area contributed by atoms with Crippen LogP contribution in [-0.4, -0.2) is 82.0 Å². The summed E-state index contributed by atoms with van der Waals surface area (Å²) in [5.41, 5.74) is -0.240. The van der Waals surface area contributed by atoms with Crippen molar-refractivity contribution < 1.29 is 53.2 Å². The molecule has 9 atom stereocenters. The van der Waals surface area contributed by atoms with Crippen LogP contribution in [0.25, 0.3) is 0 Å². The lowest BCUT2D eigenvalue weighted by Gasteiger charge is -2.62. The van der Waals surface area contributed by atoms with Crippen molar-refractivity contribution in [3.8, 4) is 0 Å². The number of hydrogen-bond acceptors (Lipinski definition) is 12. The van der Waals surface area contributed by atoms with Crippen molar-refractivity contribution in [2.24, 2.45) is 34.3 Å². The molecule has 0 bridgehead atoms. The highest BCUT2D eigenvalue weighted by Crippen LogP contribution is 2.70. The van der Waals surface area contributed by atoms with Gasteiger partial charge in [-0.25, -0.2) is 4.39 Å². The largest absolute Gasteiger partial charge is 0.465 e. The van der Waals surface area contributed by atoms with E-state index in [1.807, 2.05) is 0 Å². The van der Waals surface area contributed by atoms with Gasteiger partial charge in [0.15, 0.2) is 18.1 Å². The Morgan fingerprint density at radius 3 is 2.57 bits per heavy atom. The Labute approximate surface area is 254 Å². The maximum atomic E-state index is 17.3. The maximum absolute atomic E-state index is 17.3. The number of rotatable bonds is 12. The Morgan fingerprint density at radius 2 is 1.89 bits per heavy atom. The normalized spacial score (nSPS) is 38.0. The first-order valence-electron chi connectivity index (χ1n) is 14.9. The third-order valence-electron chi connectivity index (χ3n) is 10.7. The summed E-state index contributed by atoms with van der Waals surface area (Å²) in [5.74, 6) is -4.71. The van der Waals surface area contributed by atoms with Crippen LogP contribution < -0.4 is 5.73 Å². The molecule has 14 heteroatoms. The van der Waals surface area contributed by atoms with Gasteiger partial charge in [0.25, 0.3) is 5.09 Å². The Hall–Kier alpha value is -3.23. The predicted octanol–water partition coefficient (Wildman–Crippen LogP) is 1.70. The number of fused-ring (bicyclic) bond motifs is 5. The van der Waals surface area contributed by atoms with Gasteiger partial charge in [0, 0.05) is 16.7 Å². The maximum Gasteiger partial charge on any atom is 0.323 e. The molecule has 0 radical (unpaired) electrons. The second kappa shape index (κ2) is 12.3. The summed E-state index contributed by atoms with van der Waals surface area (Å²) < 4.78 is 27.3. The van der Waals surface area contributed by atoms with E-state index in [1.54, 1.807) is 20.8 Å². The first-order valence-corrected chi connectivity index (χ1v) is 14.9. The van der Waals surface area contributed by atoms with Crippen LogP contribution in [0.2, 0.25) is 0 Å². The second-order valence-corrected chi connectivity index (χ2v) is 13.0. The topological polar surface area (TPSA) is 206 Å². The minimum absolute atomic E-state index is 0.0933. The van der Waals surface area contributed by atoms with Crippen LogP contribution in [0.3, 0.4) is 0 Å². The molecule has 0 aromatic rings. The summed E-state index contributed by atoms with van der Waals surface area (Å²) in [4.78, 5) is 64.4. The van der Waals surface area contributed by atoms with Gasteiger partial charge in [0.2, 0.25) is 5.78 Å². The lowest BCUT2D eigenvalue weighted by atomic mass is 9.44. The zero-order valence-electron chi connectivity index (χ0n) is 25.2. The summed E-state index contributed by atoms with van der Waals surface area (Å²) in [7, 11) is 0. The first-order chi connectivity index (χ1) is 20.5. The lowest BCUT2D eigenvalue weighted by molar-refractivity contribution is -0.757. The minimum Gasteiger partial charge on any atom is -0.465 e. The van der Waals surface area contributed by atoms with Crippen molar-refractivity contribution in [2.45, 2.75) is 89.1 Å². The fourth-order valence-corrected chi connectivity index (χ4v) is 8.34. The van der Waals surface area contributed by atoms with Crippen molar-refractivity contribution in [3.05, 3.63) is 33.9 Å². The van der Waals surface area contributed by atoms with Crippen LogP contribution in [0.15, 0.2) is 23.8 Å². The van der Waals surface area contributed by atoms with Gasteiger partial charge in [-0.1, -0.05) is 25.5 Å². The highest BCUT2D eigenvalue weighted by Gasteiger charge is 2.75. The van der Waals surface area contributed by atoms with Crippen molar-refractivity contribution in [1.82, 2.24) is 0 Å². The molecule has 0 aliphatic heterocycles. The molecule has 0 aromatic heterocycles. The van der Waals surface area contributed by atoms with E-state index in [4.69, 9.17) is 15.2 Å². The number of nitrogens with zero attached hydrogens (tertiary/aromatic N) is 1. The molecule has 0 amide bonds. The van der Waals surface area contributed by atoms with Crippen LogP contribution in [0.1, 0.15) is 65.7 Å². The van der Waals surface area contributed by atoms with E-state index < -0.39 is 87.8 Å². The summed E-state index contributed by atoms with van der Waals surface area (Å²) in [6.07, 6.45) is 3.55. The van der Waals surface area contributed by atoms with Gasteiger partial charge in [-0.2, -0.15) is 0 Å². The quantitative estimate of drug-likeness (QED) is 0.123. The van der Waals surface area contributed by atoms with Crippen LogP contribution in [0, 0.1) is 38.7 Å². The van der Waals surface area contributed by atoms with Crippen LogP contribution >= 0.6 is 0 Å². The van der Waals surface area contributed by atoms with E-state index in [0.717, 1.165) is 0 Å². The van der Waals surface area contributed by atoms with Crippen molar-refractivity contribution in [2.75, 3.05) is 19.8 Å². The lowest BCUT2D eigenvalue weighted by Crippen LogP contribution is -2.69. The SMILES string of the molecule is C[C@@H]1CC2C3CCC4=CC(=O)C=C[C@]4(C)[C@@]3(F)[C@@H](O)C[C@]2(C)[C@@]1(O)C(=O)COC(=O)CC(N)C(=O)OCCCCO[N+](=O)[O-]. The number of ketones is 2. The van der Waals surface area contributed by atoms with Gasteiger partial charge in [-0.15, -0.1) is 10.1 Å². The highest BCUT2D eigenvalue weighted by molar-refractivity contribution is 6.01. The summed E-state index contributed by atoms with van der Waals surface area (Å²) >= 11 is 0. The number of carbonyl (C=O) groups is 4. The third kappa shape index (κ3) is 5.45. The Kier molecular flexibility index (Phi) is 9.39. The van der Waals surface area contributed by atoms with E-state index in [2.05, 4.69) is 4.84 Å². The monoisotopic (exact) mass is 624 g/mol. The number of nitrogens with two attached hydrogens (primary N) is 1. The Bertz CT molecular complexity index is 1270. The first kappa shape index (κ1) is 33.7. The number of aliphatic hydroxyl groups excluding tert-OH is 1. The molecule has 4 rings (SSSR count). The van der Waals surface area contributed by atoms with Gasteiger partial charge >= 0.3 is 11.9 Å². The van der Waals surface area contributed by atoms with E-state index in [9.17, 15) is 39.5 Å². The van der Waals surface area contributed by atoms with Crippen molar-refractivity contribution in [3.63, 3.8) is 0 Å². The number of allylic oxidation sites excluding steroid dienone is 4. The highest BCUT2D eigenvalue weighted by atomic mass is 19.1. The molecule has 3 fully saturated rings. The molecule has 0 saturated heterocycles. The molecule has 244 valence electrons. The standard InChI is InChI=1S/C30H41FN2O11/c1-17-12-21-20-7-6-18-13-19(34)8-9-27(18,2)29(20,31)23(35)15-28(21,3)30(17,39)24(36)16-43-25(37)14-22(32)26(38)42-10-4-5-11-44-33(40)41/h8-9,13,17,20-23,35,39H,4-7,10-12,14-16,32H2,1-3H3/t17-,20?,21?,22?,23+,27+,28+,29+,30+/m1/s1. The molecule has 3 saturated carbocycles. The van der Waals surface area contributed by atoms with Gasteiger partial charge in [-0.3, -0.25) is 19.2 Å². The number of hydrogen-bond donors (Lipinski definition) is 3. The van der Waals surface area contributed by atoms with Crippen molar-refractivity contribution in [1.29, 1.82) is 0 Å². The van der Waals surface area contributed by atoms with Crippen LogP contribution in [-0.2, 0) is 33.5 Å². The van der Waals surface area contributed by atoms with Gasteiger partial charge in [0.1, 0.15) is 11.6 Å². The van der Waals surface area contributed by atoms with E-state index in [1.165, 1.54) is 18.2 Å². The second-order valence-electron chi connectivity index (χ2n) is 13.0. The Morgan fingerprint density at radius 1 is 1.20 bits per heavy atom. The molecule has 0 spiro atoms. The van der Waals surface area contributed by atoms with E-state index in [-0.39, 0.29) is 38.3 Å². The van der Waals surface area contributed by atoms with Crippen LogP contribution in [0.5, 0.6) is 0 Å². The molecule has 3 unspecified atom stereocenters. The Balaban J connectivity index is 1.38. The molecule has 13 nitrogen and oxygen atoms in total. The molecule has 4 aliphatic carbocycles. The zero-order chi connectivity index (χ0) is 32.7. The number of Topliss-reactive ketones (excluding diaryl/α,β-unsaturated/α-hetero) is 1. The summed E-state index contributed by atoms with van der Waals surface area (Å²) in [6.45, 7) is 3.98. The van der Waals surface area contributed by atoms with Gasteiger partial charge in [0.05, 0.1) is 25.7 Å². The molecule has 0 aromatic carbocycles. The average molecular weight is 625 g/mol. The number of ether oxygens (including phenoxy) is 2. The number of aliphatic hydroxyl groups is 2. The number of unbranched alkanes of at least 4 members (excludes halogenated alkanes) is 1. The van der Waals surface area contributed by atoms with Crippen molar-refractivity contribution >= 4 is 23.5 Å². The summed E-state index contributed by atoms with van der Waals surface area (Å²) in [6, 6.07) is -1.38. The molecular weight excluding hydrogens is 583 g/mol. The number of halogens is 1. The molecule has 44 heavy (non-hydrogen) atoms. The minimum atomic E-state index is -2.12. The number of carbonyl (C=O) groups excluding carboxylic acids is 4. The van der Waals surface area contributed by atoms with E-state index >= 15 is 4.39 Å². The third-order valence-corrected chi connectivity index (χ3v) is 10.7. The van der Waals surface area contributed by atoms with Crippen LogP contribution in [0.4, 0.5) is 4.39 Å². The number of alkyl halides is 1.